The van der Waals surface area contributed by atoms with E-state index in [1.807, 2.05) is 0 Å². The molecule has 0 aromatic heterocycles. The molecule has 0 fully saturated rings. The highest BCUT2D eigenvalue weighted by molar-refractivity contribution is 7.90. The van der Waals surface area contributed by atoms with Crippen LogP contribution in [0.3, 0.4) is 0 Å². The Bertz CT molecular complexity index is 185. The average Bonchev–Trinajstić information content (AvgIpc) is 1.78. The second-order valence-electron chi connectivity index (χ2n) is 3.23. The maximum Gasteiger partial charge on any atom is 0.148 e. The third-order valence-electron chi connectivity index (χ3n) is 1.20. The van der Waals surface area contributed by atoms with Crippen molar-refractivity contribution in [1.29, 1.82) is 0 Å². The van der Waals surface area contributed by atoms with Gasteiger partial charge in [-0.25, -0.2) is 8.42 Å². The summed E-state index contributed by atoms with van der Waals surface area (Å²) in [5.41, 5.74) is 0. The molecule has 3 nitrogen and oxygen atoms in total. The van der Waals surface area contributed by atoms with Gasteiger partial charge in [-0.05, 0) is 12.5 Å². The van der Waals surface area contributed by atoms with Crippen LogP contribution in [0.15, 0.2) is 0 Å². The first-order chi connectivity index (χ1) is 4.92. The minimum atomic E-state index is -2.78. The van der Waals surface area contributed by atoms with Gasteiger partial charge >= 0.3 is 0 Å². The zero-order chi connectivity index (χ0) is 8.91. The standard InChI is InChI=1S/C7H17NO2S/c1-7(2)6-8-4-5-11(3,9)10/h7-8H,4-6H2,1-3H3. The van der Waals surface area contributed by atoms with Crippen LogP contribution in [0.5, 0.6) is 0 Å². The molecule has 0 aromatic rings. The first-order valence-corrected chi connectivity index (χ1v) is 5.86. The average molecular weight is 179 g/mol. The molecule has 0 aliphatic rings. The Hall–Kier alpha value is -0.0900. The van der Waals surface area contributed by atoms with E-state index >= 15 is 0 Å². The van der Waals surface area contributed by atoms with Crippen molar-refractivity contribution in [2.75, 3.05) is 25.1 Å². The van der Waals surface area contributed by atoms with E-state index in [-0.39, 0.29) is 5.75 Å². The Morgan fingerprint density at radius 3 is 2.27 bits per heavy atom. The molecule has 0 rings (SSSR count). The minimum absolute atomic E-state index is 0.236. The van der Waals surface area contributed by atoms with Gasteiger partial charge in [0.2, 0.25) is 0 Å². The summed E-state index contributed by atoms with van der Waals surface area (Å²) in [5.74, 6) is 0.814. The minimum Gasteiger partial charge on any atom is -0.315 e. The Kier molecular flexibility index (Phi) is 4.68. The van der Waals surface area contributed by atoms with Gasteiger partial charge in [-0.15, -0.1) is 0 Å². The topological polar surface area (TPSA) is 46.2 Å². The summed E-state index contributed by atoms with van der Waals surface area (Å²) in [7, 11) is -2.78. The quantitative estimate of drug-likeness (QED) is 0.616. The smallest absolute Gasteiger partial charge is 0.148 e. The van der Waals surface area contributed by atoms with Crippen LogP contribution in [-0.4, -0.2) is 33.5 Å². The summed E-state index contributed by atoms with van der Waals surface area (Å²) >= 11 is 0. The predicted octanol–water partition coefficient (Wildman–Crippen LogP) is 0.277. The molecule has 0 atom stereocenters. The van der Waals surface area contributed by atoms with Crippen molar-refractivity contribution in [2.45, 2.75) is 13.8 Å². The molecule has 0 aliphatic heterocycles. The maximum atomic E-state index is 10.6. The van der Waals surface area contributed by atoms with Crippen molar-refractivity contribution in [1.82, 2.24) is 5.32 Å². The van der Waals surface area contributed by atoms with Gasteiger partial charge in [0.15, 0.2) is 0 Å². The molecule has 1 N–H and O–H groups in total. The summed E-state index contributed by atoms with van der Waals surface area (Å²) in [6.45, 7) is 5.63. The molecule has 0 bridgehead atoms. The molecule has 0 amide bonds. The van der Waals surface area contributed by atoms with E-state index in [0.29, 0.717) is 12.5 Å². The van der Waals surface area contributed by atoms with Crippen molar-refractivity contribution in [3.8, 4) is 0 Å². The lowest BCUT2D eigenvalue weighted by Gasteiger charge is -2.05. The summed E-state index contributed by atoms with van der Waals surface area (Å²) < 4.78 is 21.3. The maximum absolute atomic E-state index is 10.6. The molecule has 0 heterocycles. The molecule has 0 unspecified atom stereocenters. The Balaban J connectivity index is 3.30. The van der Waals surface area contributed by atoms with Gasteiger partial charge in [0.05, 0.1) is 5.75 Å². The van der Waals surface area contributed by atoms with E-state index < -0.39 is 9.84 Å². The Morgan fingerprint density at radius 1 is 1.36 bits per heavy atom. The zero-order valence-corrected chi connectivity index (χ0v) is 8.24. The van der Waals surface area contributed by atoms with E-state index in [1.165, 1.54) is 6.26 Å². The van der Waals surface area contributed by atoms with Gasteiger partial charge in [-0.2, -0.15) is 0 Å². The fourth-order valence-electron chi connectivity index (χ4n) is 0.648. The molecule has 0 radical (unpaired) electrons. The predicted molar refractivity (Wildman–Crippen MR) is 47.4 cm³/mol. The van der Waals surface area contributed by atoms with E-state index in [2.05, 4.69) is 19.2 Å². The summed E-state index contributed by atoms with van der Waals surface area (Å²) in [6, 6.07) is 0. The summed E-state index contributed by atoms with van der Waals surface area (Å²) in [6.07, 6.45) is 1.25. The molecule has 0 saturated heterocycles. The lowest BCUT2D eigenvalue weighted by molar-refractivity contribution is 0.558. The summed E-state index contributed by atoms with van der Waals surface area (Å²) in [5, 5.41) is 3.06. The Morgan fingerprint density at radius 2 is 1.91 bits per heavy atom. The second-order valence-corrected chi connectivity index (χ2v) is 5.49. The van der Waals surface area contributed by atoms with Crippen molar-refractivity contribution in [3.63, 3.8) is 0 Å². The number of sulfone groups is 1. The zero-order valence-electron chi connectivity index (χ0n) is 7.42. The monoisotopic (exact) mass is 179 g/mol. The molecular formula is C7H17NO2S. The first kappa shape index (κ1) is 10.9. The lowest BCUT2D eigenvalue weighted by atomic mass is 10.2. The molecule has 0 saturated carbocycles. The van der Waals surface area contributed by atoms with Crippen molar-refractivity contribution in [2.24, 2.45) is 5.92 Å². The van der Waals surface area contributed by atoms with E-state index in [1.54, 1.807) is 0 Å². The van der Waals surface area contributed by atoms with Crippen molar-refractivity contribution < 1.29 is 8.42 Å². The van der Waals surface area contributed by atoms with Crippen LogP contribution in [0, 0.1) is 5.92 Å². The summed E-state index contributed by atoms with van der Waals surface area (Å²) in [4.78, 5) is 0. The van der Waals surface area contributed by atoms with Crippen molar-refractivity contribution in [3.05, 3.63) is 0 Å². The lowest BCUT2D eigenvalue weighted by Crippen LogP contribution is -2.25. The van der Waals surface area contributed by atoms with Gasteiger partial charge in [0.25, 0.3) is 0 Å². The first-order valence-electron chi connectivity index (χ1n) is 3.80. The SMILES string of the molecule is CC(C)CNCCS(C)(=O)=O. The molecule has 0 aromatic carbocycles. The van der Waals surface area contributed by atoms with E-state index in [0.717, 1.165) is 6.54 Å². The van der Waals surface area contributed by atoms with E-state index in [4.69, 9.17) is 0 Å². The van der Waals surface area contributed by atoms with Gasteiger partial charge in [0, 0.05) is 12.8 Å². The fraction of sp³-hybridized carbons (Fsp3) is 1.00. The van der Waals surface area contributed by atoms with Gasteiger partial charge in [-0.1, -0.05) is 13.8 Å². The van der Waals surface area contributed by atoms with E-state index in [9.17, 15) is 8.42 Å². The molecule has 0 aliphatic carbocycles. The molecule has 0 spiro atoms. The fourth-order valence-corrected chi connectivity index (χ4v) is 1.16. The number of rotatable bonds is 5. The normalized spacial score (nSPS) is 12.4. The van der Waals surface area contributed by atoms with Crippen molar-refractivity contribution >= 4 is 9.84 Å². The molecular weight excluding hydrogens is 162 g/mol. The van der Waals surface area contributed by atoms with Gasteiger partial charge < -0.3 is 5.32 Å². The Labute approximate surface area is 69.1 Å². The molecule has 68 valence electrons. The third-order valence-corrected chi connectivity index (χ3v) is 2.15. The van der Waals surface area contributed by atoms with Crippen LogP contribution in [0.1, 0.15) is 13.8 Å². The van der Waals surface area contributed by atoms with Gasteiger partial charge in [-0.3, -0.25) is 0 Å². The highest BCUT2D eigenvalue weighted by Crippen LogP contribution is 1.87. The highest BCUT2D eigenvalue weighted by atomic mass is 32.2. The molecule has 11 heavy (non-hydrogen) atoms. The van der Waals surface area contributed by atoms with Crippen LogP contribution in [0.4, 0.5) is 0 Å². The molecule has 4 heteroatoms. The van der Waals surface area contributed by atoms with Crippen LogP contribution in [0.25, 0.3) is 0 Å². The number of hydrogen-bond acceptors (Lipinski definition) is 3. The van der Waals surface area contributed by atoms with Gasteiger partial charge in [0.1, 0.15) is 9.84 Å². The van der Waals surface area contributed by atoms with Crippen LogP contribution in [-0.2, 0) is 9.84 Å². The number of nitrogens with one attached hydrogen (secondary N) is 1. The van der Waals surface area contributed by atoms with Crippen LogP contribution < -0.4 is 5.32 Å². The second kappa shape index (κ2) is 4.72. The largest absolute Gasteiger partial charge is 0.315 e. The number of hydrogen-bond donors (Lipinski definition) is 1. The highest BCUT2D eigenvalue weighted by Gasteiger charge is 2.00. The third kappa shape index (κ3) is 9.91. The van der Waals surface area contributed by atoms with Crippen LogP contribution >= 0.6 is 0 Å². The van der Waals surface area contributed by atoms with Crippen LogP contribution in [0.2, 0.25) is 0 Å².